The number of aromatic hydroxyl groups is 1. The summed E-state index contributed by atoms with van der Waals surface area (Å²) in [4.78, 5) is 54.3. The first-order chi connectivity index (χ1) is 20.3. The van der Waals surface area contributed by atoms with Crippen molar-refractivity contribution in [3.05, 3.63) is 53.6 Å². The molecule has 236 valence electrons. The largest absolute Gasteiger partial charge is 0.507 e. The minimum Gasteiger partial charge on any atom is -0.507 e. The molecule has 0 saturated carbocycles. The number of nitrogens with two attached hydrogens (primary N) is 1. The Balaban J connectivity index is 2.59. The third-order valence-electron chi connectivity index (χ3n) is 6.66. The molecular formula is C32H46N4O7. The molecule has 0 aliphatic carbocycles. The fraction of sp³-hybridized carbons (Fsp3) is 0.500. The van der Waals surface area contributed by atoms with Crippen molar-refractivity contribution in [2.45, 2.75) is 90.8 Å². The average molecular weight is 599 g/mol. The first-order valence-electron chi connectivity index (χ1n) is 14.6. The van der Waals surface area contributed by atoms with Crippen LogP contribution in [0.2, 0.25) is 0 Å². The minimum absolute atomic E-state index is 0.113. The van der Waals surface area contributed by atoms with Gasteiger partial charge in [0.05, 0.1) is 13.5 Å². The second-order valence-corrected chi connectivity index (χ2v) is 11.4. The van der Waals surface area contributed by atoms with E-state index < -0.39 is 47.9 Å². The zero-order valence-corrected chi connectivity index (χ0v) is 26.1. The van der Waals surface area contributed by atoms with Gasteiger partial charge in [-0.05, 0) is 63.9 Å². The van der Waals surface area contributed by atoms with Gasteiger partial charge in [0.1, 0.15) is 29.2 Å². The Morgan fingerprint density at radius 2 is 1.65 bits per heavy atom. The molecule has 2 rings (SSSR count). The Kier molecular flexibility index (Phi) is 13.3. The molecule has 0 aliphatic heterocycles. The number of alkyl carbamates (subject to hydrolysis) is 1. The first kappa shape index (κ1) is 34.9. The summed E-state index contributed by atoms with van der Waals surface area (Å²) in [5, 5.41) is 16.4. The van der Waals surface area contributed by atoms with Crippen LogP contribution in [0.4, 0.5) is 10.5 Å². The van der Waals surface area contributed by atoms with Crippen molar-refractivity contribution in [1.82, 2.24) is 10.2 Å². The highest BCUT2D eigenvalue weighted by Gasteiger charge is 2.38. The Morgan fingerprint density at radius 3 is 2.23 bits per heavy atom. The summed E-state index contributed by atoms with van der Waals surface area (Å²) in [7, 11) is 1.53. The van der Waals surface area contributed by atoms with Crippen molar-refractivity contribution >= 4 is 29.5 Å². The lowest BCUT2D eigenvalue weighted by atomic mass is 9.98. The van der Waals surface area contributed by atoms with Crippen LogP contribution < -0.4 is 21.1 Å². The number of unbranched alkanes of at least 4 members (excludes halogenated alkanes) is 4. The molecule has 2 unspecified atom stereocenters. The molecule has 11 heteroatoms. The highest BCUT2D eigenvalue weighted by molar-refractivity contribution is 6.00. The molecule has 2 aromatic rings. The quantitative estimate of drug-likeness (QED) is 0.211. The molecule has 0 bridgehead atoms. The van der Waals surface area contributed by atoms with E-state index in [1.165, 1.54) is 12.0 Å². The van der Waals surface area contributed by atoms with Gasteiger partial charge in [-0.15, -0.1) is 0 Å². The van der Waals surface area contributed by atoms with E-state index >= 15 is 0 Å². The number of anilines is 1. The van der Waals surface area contributed by atoms with Crippen molar-refractivity contribution in [2.75, 3.05) is 19.0 Å². The maximum absolute atomic E-state index is 14.2. The number of primary amides is 1. The number of phenols is 1. The molecule has 0 fully saturated rings. The summed E-state index contributed by atoms with van der Waals surface area (Å²) >= 11 is 0. The molecule has 0 spiro atoms. The monoisotopic (exact) mass is 598 g/mol. The number of hydrogen-bond donors (Lipinski definition) is 4. The van der Waals surface area contributed by atoms with Gasteiger partial charge in [0.2, 0.25) is 11.8 Å². The van der Waals surface area contributed by atoms with Gasteiger partial charge < -0.3 is 35.8 Å². The fourth-order valence-electron chi connectivity index (χ4n) is 4.54. The zero-order chi connectivity index (χ0) is 32.2. The van der Waals surface area contributed by atoms with Crippen molar-refractivity contribution in [3.63, 3.8) is 0 Å². The van der Waals surface area contributed by atoms with Gasteiger partial charge in [0.15, 0.2) is 0 Å². The van der Waals surface area contributed by atoms with Crippen LogP contribution in [0.1, 0.15) is 83.4 Å². The lowest BCUT2D eigenvalue weighted by molar-refractivity contribution is -0.142. The number of hydrogen-bond acceptors (Lipinski definition) is 7. The van der Waals surface area contributed by atoms with Crippen LogP contribution in [-0.2, 0) is 19.1 Å². The number of methoxy groups -OCH3 is 1. The Bertz CT molecular complexity index is 1240. The number of benzene rings is 2. The maximum Gasteiger partial charge on any atom is 0.408 e. The van der Waals surface area contributed by atoms with E-state index in [1.54, 1.807) is 70.2 Å². The molecule has 0 aliphatic rings. The summed E-state index contributed by atoms with van der Waals surface area (Å²) < 4.78 is 10.5. The number of nitrogens with zero attached hydrogens (tertiary/aromatic N) is 1. The number of carbonyl (C=O) groups excluding carboxylic acids is 4. The van der Waals surface area contributed by atoms with E-state index in [4.69, 9.17) is 15.2 Å². The van der Waals surface area contributed by atoms with Gasteiger partial charge in [-0.1, -0.05) is 50.8 Å². The van der Waals surface area contributed by atoms with E-state index in [0.29, 0.717) is 23.4 Å². The van der Waals surface area contributed by atoms with Gasteiger partial charge >= 0.3 is 6.09 Å². The highest BCUT2D eigenvalue weighted by Crippen LogP contribution is 2.33. The Hall–Kier alpha value is -4.28. The normalized spacial score (nSPS) is 12.5. The maximum atomic E-state index is 14.2. The summed E-state index contributed by atoms with van der Waals surface area (Å²) in [6, 6.07) is 8.89. The Morgan fingerprint density at radius 1 is 1.00 bits per heavy atom. The second kappa shape index (κ2) is 16.4. The van der Waals surface area contributed by atoms with E-state index in [1.807, 2.05) is 0 Å². The van der Waals surface area contributed by atoms with Crippen molar-refractivity contribution < 1.29 is 33.8 Å². The molecule has 4 amide bonds. The van der Waals surface area contributed by atoms with Crippen LogP contribution in [0.5, 0.6) is 11.5 Å². The van der Waals surface area contributed by atoms with Gasteiger partial charge in [-0.3, -0.25) is 14.4 Å². The van der Waals surface area contributed by atoms with E-state index in [-0.39, 0.29) is 17.9 Å². The van der Waals surface area contributed by atoms with Gasteiger partial charge in [-0.25, -0.2) is 4.79 Å². The summed E-state index contributed by atoms with van der Waals surface area (Å²) in [6.07, 6.45) is 2.86. The summed E-state index contributed by atoms with van der Waals surface area (Å²) in [5.41, 5.74) is 5.76. The number of carbonyl (C=O) groups is 4. The summed E-state index contributed by atoms with van der Waals surface area (Å²) in [6.45, 7) is 8.89. The van der Waals surface area contributed by atoms with Crippen LogP contribution in [0.15, 0.2) is 42.5 Å². The topological polar surface area (TPSA) is 160 Å². The van der Waals surface area contributed by atoms with Gasteiger partial charge in [0, 0.05) is 17.8 Å². The third kappa shape index (κ3) is 11.1. The van der Waals surface area contributed by atoms with Crippen LogP contribution in [0.25, 0.3) is 0 Å². The van der Waals surface area contributed by atoms with Crippen molar-refractivity contribution in [2.24, 2.45) is 5.73 Å². The standard InChI is InChI=1S/C32H46N4O7/c1-7-8-9-10-11-19-36(30(40)25(20-26(33)37)35-31(41)43-32(3,4)5)27(24-14-12-13-21(2)28(24)38)29(39)34-22-15-17-23(42-6)18-16-22/h12-18,25,27,38H,7-11,19-20H2,1-6H3,(H2,33,37)(H,34,39)(H,35,41). The number of para-hydroxylation sites is 1. The number of aryl methyl sites for hydroxylation is 1. The van der Waals surface area contributed by atoms with E-state index in [9.17, 15) is 24.3 Å². The fourth-order valence-corrected chi connectivity index (χ4v) is 4.54. The molecule has 43 heavy (non-hydrogen) atoms. The molecule has 11 nitrogen and oxygen atoms in total. The first-order valence-corrected chi connectivity index (χ1v) is 14.6. The zero-order valence-electron chi connectivity index (χ0n) is 26.1. The minimum atomic E-state index is -1.41. The van der Waals surface area contributed by atoms with Crippen LogP contribution in [0, 0.1) is 6.92 Å². The second-order valence-electron chi connectivity index (χ2n) is 11.4. The molecule has 0 saturated heterocycles. The Labute approximate surface area is 254 Å². The third-order valence-corrected chi connectivity index (χ3v) is 6.66. The SMILES string of the molecule is CCCCCCCN(C(=O)C(CC(N)=O)NC(=O)OC(C)(C)C)C(C(=O)Nc1ccc(OC)cc1)c1cccc(C)c1O. The molecule has 0 heterocycles. The molecule has 2 atom stereocenters. The summed E-state index contributed by atoms with van der Waals surface area (Å²) in [5.74, 6) is -1.68. The van der Waals surface area contributed by atoms with E-state index in [2.05, 4.69) is 17.6 Å². The van der Waals surface area contributed by atoms with Crippen molar-refractivity contribution in [3.8, 4) is 11.5 Å². The van der Waals surface area contributed by atoms with Crippen LogP contribution >= 0.6 is 0 Å². The number of nitrogens with one attached hydrogen (secondary N) is 2. The average Bonchev–Trinajstić information content (AvgIpc) is 2.92. The smallest absolute Gasteiger partial charge is 0.408 e. The van der Waals surface area contributed by atoms with Crippen LogP contribution in [-0.4, -0.2) is 59.1 Å². The van der Waals surface area contributed by atoms with Crippen molar-refractivity contribution in [1.29, 1.82) is 0 Å². The molecular weight excluding hydrogens is 552 g/mol. The number of rotatable bonds is 15. The predicted molar refractivity (Wildman–Crippen MR) is 165 cm³/mol. The molecule has 0 radical (unpaired) electrons. The number of phenolic OH excluding ortho intramolecular Hbond substituents is 1. The predicted octanol–water partition coefficient (Wildman–Crippen LogP) is 4.96. The van der Waals surface area contributed by atoms with Gasteiger partial charge in [-0.2, -0.15) is 0 Å². The van der Waals surface area contributed by atoms with Gasteiger partial charge in [0.25, 0.3) is 5.91 Å². The molecule has 0 aromatic heterocycles. The molecule has 5 N–H and O–H groups in total. The lowest BCUT2D eigenvalue weighted by Crippen LogP contribution is -2.53. The van der Waals surface area contributed by atoms with E-state index in [0.717, 1.165) is 25.7 Å². The number of amides is 4. The number of ether oxygens (including phenoxy) is 2. The molecule has 2 aromatic carbocycles. The van der Waals surface area contributed by atoms with Crippen LogP contribution in [0.3, 0.4) is 0 Å². The lowest BCUT2D eigenvalue weighted by Gasteiger charge is -2.34. The highest BCUT2D eigenvalue weighted by atomic mass is 16.6.